The van der Waals surface area contributed by atoms with Crippen molar-refractivity contribution in [2.75, 3.05) is 17.1 Å². The molecule has 0 bridgehead atoms. The quantitative estimate of drug-likeness (QED) is 0.669. The highest BCUT2D eigenvalue weighted by atomic mass is 35.5. The second kappa shape index (κ2) is 9.10. The molecule has 0 fully saturated rings. The fraction of sp³-hybridized carbons (Fsp3) is 0.316. The summed E-state index contributed by atoms with van der Waals surface area (Å²) in [4.78, 5) is 12.0. The van der Waals surface area contributed by atoms with Crippen molar-refractivity contribution in [2.45, 2.75) is 31.6 Å². The Morgan fingerprint density at radius 2 is 1.89 bits per heavy atom. The Hall–Kier alpha value is -2.25. The van der Waals surface area contributed by atoms with Crippen LogP contribution in [0.25, 0.3) is 0 Å². The van der Waals surface area contributed by atoms with Crippen molar-refractivity contribution in [3.05, 3.63) is 47.5 Å². The van der Waals surface area contributed by atoms with E-state index in [4.69, 9.17) is 16.3 Å². The van der Waals surface area contributed by atoms with E-state index < -0.39 is 10.0 Å². The van der Waals surface area contributed by atoms with Gasteiger partial charge in [0, 0.05) is 12.1 Å². The van der Waals surface area contributed by atoms with Gasteiger partial charge >= 0.3 is 0 Å². The lowest BCUT2D eigenvalue weighted by Crippen LogP contribution is -2.16. The lowest BCUT2D eigenvalue weighted by atomic mass is 10.1. The van der Waals surface area contributed by atoms with Crippen LogP contribution in [0.4, 0.5) is 11.4 Å². The van der Waals surface area contributed by atoms with E-state index in [1.54, 1.807) is 30.3 Å². The molecule has 0 unspecified atom stereocenters. The van der Waals surface area contributed by atoms with E-state index in [1.165, 1.54) is 19.2 Å². The molecule has 0 spiro atoms. The van der Waals surface area contributed by atoms with Gasteiger partial charge in [0.2, 0.25) is 5.91 Å². The fourth-order valence-electron chi connectivity index (χ4n) is 2.35. The third-order valence-electron chi connectivity index (χ3n) is 3.80. The minimum Gasteiger partial charge on any atom is -0.495 e. The summed E-state index contributed by atoms with van der Waals surface area (Å²) in [5.74, 6) is 0.397. The summed E-state index contributed by atoms with van der Waals surface area (Å²) in [7, 11) is -2.59. The summed E-state index contributed by atoms with van der Waals surface area (Å²) >= 11 is 6.04. The number of hydrogen-bond acceptors (Lipinski definition) is 4. The predicted molar refractivity (Wildman–Crippen MR) is 108 cm³/mol. The standard InChI is InChI=1S/C19H23ClN2O4S/c1-13(2)8-11-19(23)21-14-9-10-17(26-3)18(12-14)27(24,25)22-16-7-5-4-6-15(16)20/h4-7,9-10,12-13,22H,8,11H2,1-3H3,(H,21,23). The normalized spacial score (nSPS) is 11.3. The third-order valence-corrected chi connectivity index (χ3v) is 5.52. The van der Waals surface area contributed by atoms with Gasteiger partial charge in [-0.2, -0.15) is 0 Å². The minimum atomic E-state index is -3.97. The van der Waals surface area contributed by atoms with Crippen LogP contribution in [0.3, 0.4) is 0 Å². The third kappa shape index (κ3) is 5.87. The van der Waals surface area contributed by atoms with E-state index in [-0.39, 0.29) is 27.3 Å². The first-order valence-electron chi connectivity index (χ1n) is 8.48. The van der Waals surface area contributed by atoms with Gasteiger partial charge in [-0.3, -0.25) is 9.52 Å². The lowest BCUT2D eigenvalue weighted by Gasteiger charge is -2.14. The Balaban J connectivity index is 2.28. The lowest BCUT2D eigenvalue weighted by molar-refractivity contribution is -0.116. The molecule has 0 aromatic heterocycles. The first-order chi connectivity index (χ1) is 12.7. The van der Waals surface area contributed by atoms with Gasteiger partial charge in [-0.25, -0.2) is 8.42 Å². The van der Waals surface area contributed by atoms with Gasteiger partial charge in [0.15, 0.2) is 0 Å². The summed E-state index contributed by atoms with van der Waals surface area (Å²) in [5.41, 5.74) is 0.636. The highest BCUT2D eigenvalue weighted by Gasteiger charge is 2.21. The van der Waals surface area contributed by atoms with Crippen LogP contribution < -0.4 is 14.8 Å². The monoisotopic (exact) mass is 410 g/mol. The maximum Gasteiger partial charge on any atom is 0.265 e. The number of sulfonamides is 1. The van der Waals surface area contributed by atoms with E-state index in [0.29, 0.717) is 18.0 Å². The molecule has 0 saturated heterocycles. The van der Waals surface area contributed by atoms with Crippen LogP contribution in [0.2, 0.25) is 5.02 Å². The summed E-state index contributed by atoms with van der Waals surface area (Å²) < 4.78 is 33.3. The molecular weight excluding hydrogens is 388 g/mol. The van der Waals surface area contributed by atoms with Gasteiger partial charge in [-0.1, -0.05) is 37.6 Å². The van der Waals surface area contributed by atoms with Gasteiger partial charge in [-0.15, -0.1) is 0 Å². The summed E-state index contributed by atoms with van der Waals surface area (Å²) in [5, 5.41) is 3.00. The van der Waals surface area contributed by atoms with Gasteiger partial charge in [0.05, 0.1) is 17.8 Å². The number of anilines is 2. The predicted octanol–water partition coefficient (Wildman–Crippen LogP) is 4.52. The van der Waals surface area contributed by atoms with Crippen LogP contribution in [0.1, 0.15) is 26.7 Å². The van der Waals surface area contributed by atoms with Crippen molar-refractivity contribution in [2.24, 2.45) is 5.92 Å². The molecule has 2 aromatic rings. The van der Waals surface area contributed by atoms with Gasteiger partial charge in [-0.05, 0) is 42.7 Å². The van der Waals surface area contributed by atoms with Crippen molar-refractivity contribution in [1.82, 2.24) is 0 Å². The van der Waals surface area contributed by atoms with Gasteiger partial charge < -0.3 is 10.1 Å². The molecule has 6 nitrogen and oxygen atoms in total. The van der Waals surface area contributed by atoms with Crippen LogP contribution in [0, 0.1) is 5.92 Å². The van der Waals surface area contributed by atoms with Crippen LogP contribution >= 0.6 is 11.6 Å². The van der Waals surface area contributed by atoms with Crippen LogP contribution in [0.15, 0.2) is 47.4 Å². The fourth-order valence-corrected chi connectivity index (χ4v) is 3.87. The van der Waals surface area contributed by atoms with Crippen LogP contribution in [-0.4, -0.2) is 21.4 Å². The van der Waals surface area contributed by atoms with Crippen molar-refractivity contribution in [1.29, 1.82) is 0 Å². The highest BCUT2D eigenvalue weighted by Crippen LogP contribution is 2.30. The Morgan fingerprint density at radius 1 is 1.19 bits per heavy atom. The molecule has 2 rings (SSSR count). The van der Waals surface area contributed by atoms with Crippen molar-refractivity contribution >= 4 is 38.9 Å². The molecule has 146 valence electrons. The smallest absolute Gasteiger partial charge is 0.265 e. The van der Waals surface area contributed by atoms with Gasteiger partial charge in [0.25, 0.3) is 10.0 Å². The number of ether oxygens (including phenoxy) is 1. The topological polar surface area (TPSA) is 84.5 Å². The number of hydrogen-bond donors (Lipinski definition) is 2. The molecule has 0 aliphatic rings. The Labute approximate surface area is 164 Å². The van der Waals surface area contributed by atoms with E-state index in [1.807, 2.05) is 13.8 Å². The molecule has 0 radical (unpaired) electrons. The van der Waals surface area contributed by atoms with Crippen LogP contribution in [-0.2, 0) is 14.8 Å². The van der Waals surface area contributed by atoms with Crippen molar-refractivity contribution in [3.63, 3.8) is 0 Å². The average Bonchev–Trinajstić information content (AvgIpc) is 2.62. The number of rotatable bonds is 8. The first kappa shape index (κ1) is 21.1. The van der Waals surface area contributed by atoms with E-state index in [0.717, 1.165) is 6.42 Å². The van der Waals surface area contributed by atoms with Crippen molar-refractivity contribution in [3.8, 4) is 5.75 Å². The Bertz CT molecular complexity index is 914. The molecule has 0 heterocycles. The zero-order valence-corrected chi connectivity index (χ0v) is 17.0. The van der Waals surface area contributed by atoms with Crippen molar-refractivity contribution < 1.29 is 17.9 Å². The molecule has 0 saturated carbocycles. The Morgan fingerprint density at radius 3 is 2.52 bits per heavy atom. The van der Waals surface area contributed by atoms with Gasteiger partial charge in [0.1, 0.15) is 10.6 Å². The average molecular weight is 411 g/mol. The van der Waals surface area contributed by atoms with Crippen LogP contribution in [0.5, 0.6) is 5.75 Å². The molecular formula is C19H23ClN2O4S. The number of amides is 1. The number of para-hydroxylation sites is 1. The summed E-state index contributed by atoms with van der Waals surface area (Å²) in [6.45, 7) is 4.07. The van der Waals surface area contributed by atoms with E-state index in [9.17, 15) is 13.2 Å². The molecule has 0 aliphatic carbocycles. The summed E-state index contributed by atoms with van der Waals surface area (Å²) in [6.07, 6.45) is 1.12. The molecule has 8 heteroatoms. The number of nitrogens with one attached hydrogen (secondary N) is 2. The largest absolute Gasteiger partial charge is 0.495 e. The number of methoxy groups -OCH3 is 1. The summed E-state index contributed by atoms with van der Waals surface area (Å²) in [6, 6.07) is 11.0. The maximum absolute atomic E-state index is 12.8. The Kier molecular flexibility index (Phi) is 7.10. The highest BCUT2D eigenvalue weighted by molar-refractivity contribution is 7.92. The molecule has 2 aromatic carbocycles. The van der Waals surface area contributed by atoms with E-state index >= 15 is 0 Å². The molecule has 2 N–H and O–H groups in total. The second-order valence-corrected chi connectivity index (χ2v) is 8.49. The number of carbonyl (C=O) groups excluding carboxylic acids is 1. The molecule has 0 atom stereocenters. The molecule has 1 amide bonds. The molecule has 0 aliphatic heterocycles. The zero-order valence-electron chi connectivity index (χ0n) is 15.5. The SMILES string of the molecule is COc1ccc(NC(=O)CCC(C)C)cc1S(=O)(=O)Nc1ccccc1Cl. The number of benzene rings is 2. The molecule has 27 heavy (non-hydrogen) atoms. The second-order valence-electron chi connectivity index (χ2n) is 6.43. The maximum atomic E-state index is 12.8. The number of halogens is 1. The number of carbonyl (C=O) groups is 1. The van der Waals surface area contributed by atoms with E-state index in [2.05, 4.69) is 10.0 Å². The first-order valence-corrected chi connectivity index (χ1v) is 10.3. The minimum absolute atomic E-state index is 0.0911. The zero-order chi connectivity index (χ0) is 20.0.